The van der Waals surface area contributed by atoms with Crippen LogP contribution in [0.25, 0.3) is 0 Å². The van der Waals surface area contributed by atoms with Crippen LogP contribution in [0.5, 0.6) is 0 Å². The van der Waals surface area contributed by atoms with Crippen molar-refractivity contribution < 1.29 is 13.2 Å². The van der Waals surface area contributed by atoms with Gasteiger partial charge in [0.1, 0.15) is 0 Å². The van der Waals surface area contributed by atoms with Gasteiger partial charge in [0.25, 0.3) is 0 Å². The summed E-state index contributed by atoms with van der Waals surface area (Å²) in [5.74, 6) is 0. The lowest BCUT2D eigenvalue weighted by Crippen LogP contribution is -2.04. The van der Waals surface area contributed by atoms with Gasteiger partial charge in [-0.05, 0) is 22.6 Å². The van der Waals surface area contributed by atoms with Gasteiger partial charge in [0.15, 0.2) is 0 Å². The zero-order valence-corrected chi connectivity index (χ0v) is 7.77. The molecule has 0 saturated carbocycles. The van der Waals surface area contributed by atoms with E-state index in [1.54, 1.807) is 29.6 Å². The number of aromatic nitrogens is 1. The van der Waals surface area contributed by atoms with Gasteiger partial charge in [0.2, 0.25) is 0 Å². The molecule has 62 valence electrons. The molecule has 0 saturated heterocycles. The van der Waals surface area contributed by atoms with Crippen LogP contribution in [0.3, 0.4) is 0 Å². The molecule has 1 nitrogen and oxygen atoms in total. The van der Waals surface area contributed by atoms with Gasteiger partial charge in [-0.25, -0.2) is 0 Å². The predicted molar refractivity (Wildman–Crippen MR) is 43.1 cm³/mol. The number of hydrogen-bond donors (Lipinski definition) is 0. The highest BCUT2D eigenvalue weighted by Crippen LogP contribution is 2.32. The maximum Gasteiger partial charge on any atom is 0.418 e. The lowest BCUT2D eigenvalue weighted by atomic mass is 10.3. The Morgan fingerprint density at radius 2 is 1.91 bits per heavy atom. The molecule has 1 heterocycles. The summed E-state index contributed by atoms with van der Waals surface area (Å²) in [5, 5.41) is 0. The van der Waals surface area contributed by atoms with Crippen LogP contribution >= 0.6 is 22.6 Å². The van der Waals surface area contributed by atoms with Crippen molar-refractivity contribution in [1.82, 2.24) is 4.57 Å². The number of halogens is 4. The van der Waals surface area contributed by atoms with E-state index in [9.17, 15) is 13.2 Å². The standard InChI is InChI=1S/C6H5F3IN/c1-11-2-4(5(10)3-11)6(7,8)9/h2-3H,1H3. The van der Waals surface area contributed by atoms with Gasteiger partial charge >= 0.3 is 6.18 Å². The molecule has 0 amide bonds. The highest BCUT2D eigenvalue weighted by Gasteiger charge is 2.33. The van der Waals surface area contributed by atoms with Crippen molar-refractivity contribution >= 4 is 22.6 Å². The normalized spacial score (nSPS) is 12.1. The summed E-state index contributed by atoms with van der Waals surface area (Å²) in [6.07, 6.45) is -1.72. The van der Waals surface area contributed by atoms with Crippen LogP contribution in [0.4, 0.5) is 13.2 Å². The Balaban J connectivity index is 3.13. The molecule has 0 N–H and O–H groups in total. The smallest absolute Gasteiger partial charge is 0.356 e. The van der Waals surface area contributed by atoms with Crippen LogP contribution in [-0.4, -0.2) is 4.57 Å². The summed E-state index contributed by atoms with van der Waals surface area (Å²) >= 11 is 1.67. The molecule has 1 aromatic heterocycles. The highest BCUT2D eigenvalue weighted by molar-refractivity contribution is 14.1. The van der Waals surface area contributed by atoms with Crippen LogP contribution in [0.15, 0.2) is 12.4 Å². The first-order valence-electron chi connectivity index (χ1n) is 2.80. The summed E-state index contributed by atoms with van der Waals surface area (Å²) in [6.45, 7) is 0. The Kier molecular flexibility index (Phi) is 2.17. The summed E-state index contributed by atoms with van der Waals surface area (Å²) < 4.78 is 37.8. The van der Waals surface area contributed by atoms with Crippen LogP contribution in [0.1, 0.15) is 5.56 Å². The van der Waals surface area contributed by atoms with Crippen molar-refractivity contribution in [2.24, 2.45) is 7.05 Å². The molecule has 0 aliphatic heterocycles. The van der Waals surface area contributed by atoms with E-state index in [1.165, 1.54) is 10.8 Å². The van der Waals surface area contributed by atoms with E-state index in [0.717, 1.165) is 6.20 Å². The monoisotopic (exact) mass is 275 g/mol. The maximum absolute atomic E-state index is 12.0. The van der Waals surface area contributed by atoms with Crippen LogP contribution in [-0.2, 0) is 13.2 Å². The van der Waals surface area contributed by atoms with Crippen molar-refractivity contribution in [3.8, 4) is 0 Å². The van der Waals surface area contributed by atoms with E-state index in [-0.39, 0.29) is 3.57 Å². The third kappa shape index (κ3) is 1.88. The Labute approximate surface area is 75.3 Å². The van der Waals surface area contributed by atoms with E-state index in [2.05, 4.69) is 0 Å². The first-order valence-corrected chi connectivity index (χ1v) is 3.88. The van der Waals surface area contributed by atoms with E-state index in [1.807, 2.05) is 0 Å². The Morgan fingerprint density at radius 1 is 1.36 bits per heavy atom. The second-order valence-corrected chi connectivity index (χ2v) is 3.35. The molecule has 0 aromatic carbocycles. The molecule has 5 heteroatoms. The Hall–Kier alpha value is -0.200. The first kappa shape index (κ1) is 8.89. The van der Waals surface area contributed by atoms with Gasteiger partial charge in [0.05, 0.1) is 5.56 Å². The van der Waals surface area contributed by atoms with Crippen molar-refractivity contribution in [3.63, 3.8) is 0 Å². The van der Waals surface area contributed by atoms with Crippen LogP contribution in [0, 0.1) is 3.57 Å². The zero-order chi connectivity index (χ0) is 8.65. The second kappa shape index (κ2) is 2.69. The largest absolute Gasteiger partial charge is 0.418 e. The average molecular weight is 275 g/mol. The van der Waals surface area contributed by atoms with Crippen molar-refractivity contribution in [2.75, 3.05) is 0 Å². The molecule has 0 radical (unpaired) electrons. The van der Waals surface area contributed by atoms with Gasteiger partial charge in [0, 0.05) is 23.0 Å². The number of rotatable bonds is 0. The number of aryl methyl sites for hydroxylation is 1. The van der Waals surface area contributed by atoms with E-state index < -0.39 is 11.7 Å². The molecule has 1 rings (SSSR count). The summed E-state index contributed by atoms with van der Waals surface area (Å²) in [7, 11) is 1.57. The van der Waals surface area contributed by atoms with Crippen molar-refractivity contribution in [1.29, 1.82) is 0 Å². The average Bonchev–Trinajstić information content (AvgIpc) is 2.08. The fraction of sp³-hybridized carbons (Fsp3) is 0.333. The molecule has 0 aliphatic rings. The highest BCUT2D eigenvalue weighted by atomic mass is 127. The first-order chi connectivity index (χ1) is 4.91. The molecule has 1 aromatic rings. The number of alkyl halides is 3. The molecule has 0 atom stereocenters. The second-order valence-electron chi connectivity index (χ2n) is 2.18. The van der Waals surface area contributed by atoms with Crippen molar-refractivity contribution in [3.05, 3.63) is 21.5 Å². The van der Waals surface area contributed by atoms with Gasteiger partial charge in [-0.15, -0.1) is 0 Å². The van der Waals surface area contributed by atoms with Gasteiger partial charge in [-0.3, -0.25) is 0 Å². The zero-order valence-electron chi connectivity index (χ0n) is 5.61. The number of hydrogen-bond acceptors (Lipinski definition) is 0. The molecular formula is C6H5F3IN. The summed E-state index contributed by atoms with van der Waals surface area (Å²) in [4.78, 5) is 0. The minimum Gasteiger partial charge on any atom is -0.356 e. The Morgan fingerprint density at radius 3 is 2.09 bits per heavy atom. The molecule has 0 spiro atoms. The van der Waals surface area contributed by atoms with Crippen LogP contribution < -0.4 is 0 Å². The minimum atomic E-state index is -4.22. The molecule has 11 heavy (non-hydrogen) atoms. The van der Waals surface area contributed by atoms with E-state index in [0.29, 0.717) is 0 Å². The van der Waals surface area contributed by atoms with E-state index >= 15 is 0 Å². The van der Waals surface area contributed by atoms with Crippen LogP contribution in [0.2, 0.25) is 0 Å². The van der Waals surface area contributed by atoms with E-state index in [4.69, 9.17) is 0 Å². The fourth-order valence-corrected chi connectivity index (χ4v) is 1.64. The third-order valence-corrected chi connectivity index (χ3v) is 2.07. The predicted octanol–water partition coefficient (Wildman–Crippen LogP) is 2.65. The Bertz CT molecular complexity index is 263. The molecule has 0 bridgehead atoms. The summed E-state index contributed by atoms with van der Waals surface area (Å²) in [6, 6.07) is 0. The van der Waals surface area contributed by atoms with Gasteiger partial charge in [-0.1, -0.05) is 0 Å². The molecule has 0 fully saturated rings. The summed E-state index contributed by atoms with van der Waals surface area (Å²) in [5.41, 5.74) is -0.569. The minimum absolute atomic E-state index is 0.234. The lowest BCUT2D eigenvalue weighted by Gasteiger charge is -2.02. The molecule has 0 aliphatic carbocycles. The van der Waals surface area contributed by atoms with Gasteiger partial charge < -0.3 is 4.57 Å². The van der Waals surface area contributed by atoms with Gasteiger partial charge in [-0.2, -0.15) is 13.2 Å². The third-order valence-electron chi connectivity index (χ3n) is 1.21. The SMILES string of the molecule is Cn1cc(I)c(C(F)(F)F)c1. The van der Waals surface area contributed by atoms with Crippen molar-refractivity contribution in [2.45, 2.75) is 6.18 Å². The topological polar surface area (TPSA) is 4.93 Å². The fourth-order valence-electron chi connectivity index (χ4n) is 0.759. The lowest BCUT2D eigenvalue weighted by molar-refractivity contribution is -0.138. The molecule has 0 unspecified atom stereocenters. The molecular weight excluding hydrogens is 270 g/mol. The maximum atomic E-state index is 12.0. The quantitative estimate of drug-likeness (QED) is 0.641. The number of nitrogens with zero attached hydrogens (tertiary/aromatic N) is 1.